The van der Waals surface area contributed by atoms with Crippen molar-refractivity contribution in [3.05, 3.63) is 11.1 Å². The van der Waals surface area contributed by atoms with Gasteiger partial charge in [0.15, 0.2) is 0 Å². The van der Waals surface area contributed by atoms with Gasteiger partial charge in [-0.3, -0.25) is 4.79 Å². The van der Waals surface area contributed by atoms with Gasteiger partial charge in [-0.1, -0.05) is 51.7 Å². The average Bonchev–Trinajstić information content (AvgIpc) is 2.55. The van der Waals surface area contributed by atoms with E-state index in [2.05, 4.69) is 34.6 Å². The lowest BCUT2D eigenvalue weighted by molar-refractivity contribution is -0.222. The van der Waals surface area contributed by atoms with E-state index in [0.29, 0.717) is 18.1 Å². The Hall–Kier alpha value is -0.670. The van der Waals surface area contributed by atoms with Crippen LogP contribution in [0, 0.1) is 22.7 Å². The molecule has 3 aliphatic carbocycles. The van der Waals surface area contributed by atoms with E-state index >= 15 is 0 Å². The highest BCUT2D eigenvalue weighted by Crippen LogP contribution is 2.61. The number of fused-ring (bicyclic) bond motifs is 3. The first-order chi connectivity index (χ1) is 11.7. The summed E-state index contributed by atoms with van der Waals surface area (Å²) < 4.78 is 12.6. The van der Waals surface area contributed by atoms with E-state index in [1.54, 1.807) is 0 Å². The standard InChI is InChI=1S/C22H36O3/c1-14-10-12-22(25-7)19(24-6)18-15(2)9-8-11-21(18,5)17(23)13-16(14)20(22,3)4/h15,18-19H,8-13H2,1-7H3/t15-,18+,19?,21+,22-/m1/s1. The van der Waals surface area contributed by atoms with Crippen molar-refractivity contribution in [2.45, 2.75) is 84.8 Å². The smallest absolute Gasteiger partial charge is 0.143 e. The molecule has 2 bridgehead atoms. The van der Waals surface area contributed by atoms with Crippen molar-refractivity contribution in [1.29, 1.82) is 0 Å². The van der Waals surface area contributed by atoms with Crippen LogP contribution in [0.4, 0.5) is 0 Å². The maximum absolute atomic E-state index is 13.5. The Labute approximate surface area is 153 Å². The number of allylic oxidation sites excluding steroid dienone is 1. The summed E-state index contributed by atoms with van der Waals surface area (Å²) in [6, 6.07) is 0. The normalized spacial score (nSPS) is 44.1. The number of hydrogen-bond donors (Lipinski definition) is 0. The molecule has 0 spiro atoms. The molecule has 2 saturated carbocycles. The van der Waals surface area contributed by atoms with E-state index in [1.165, 1.54) is 17.6 Å². The molecular formula is C22H36O3. The third kappa shape index (κ3) is 2.41. The average molecular weight is 349 g/mol. The van der Waals surface area contributed by atoms with E-state index in [-0.39, 0.29) is 28.5 Å². The van der Waals surface area contributed by atoms with Gasteiger partial charge in [0.05, 0.1) is 6.10 Å². The summed E-state index contributed by atoms with van der Waals surface area (Å²) in [7, 11) is 3.67. The third-order valence-electron chi connectivity index (χ3n) is 8.28. The van der Waals surface area contributed by atoms with Crippen molar-refractivity contribution in [2.24, 2.45) is 22.7 Å². The highest BCUT2D eigenvalue weighted by atomic mass is 16.5. The van der Waals surface area contributed by atoms with E-state index < -0.39 is 0 Å². The zero-order valence-electron chi connectivity index (χ0n) is 17.2. The summed E-state index contributed by atoms with van der Waals surface area (Å²) in [6.07, 6.45) is 5.79. The van der Waals surface area contributed by atoms with Gasteiger partial charge in [0, 0.05) is 37.4 Å². The molecule has 0 aromatic rings. The van der Waals surface area contributed by atoms with Crippen molar-refractivity contribution in [1.82, 2.24) is 0 Å². The highest BCUT2D eigenvalue weighted by molar-refractivity contribution is 5.88. The first kappa shape index (κ1) is 19.1. The van der Waals surface area contributed by atoms with Crippen LogP contribution < -0.4 is 0 Å². The predicted octanol–water partition coefficient (Wildman–Crippen LogP) is 4.94. The predicted molar refractivity (Wildman–Crippen MR) is 100 cm³/mol. The van der Waals surface area contributed by atoms with Gasteiger partial charge in [-0.05, 0) is 32.1 Å². The van der Waals surface area contributed by atoms with E-state index in [9.17, 15) is 4.79 Å². The minimum atomic E-state index is -0.366. The van der Waals surface area contributed by atoms with Crippen LogP contribution in [0.1, 0.15) is 73.1 Å². The van der Waals surface area contributed by atoms with Gasteiger partial charge < -0.3 is 9.47 Å². The number of ether oxygens (including phenoxy) is 2. The molecule has 1 unspecified atom stereocenters. The second-order valence-electron chi connectivity index (χ2n) is 9.55. The quantitative estimate of drug-likeness (QED) is 0.663. The van der Waals surface area contributed by atoms with Gasteiger partial charge in [-0.2, -0.15) is 0 Å². The third-order valence-corrected chi connectivity index (χ3v) is 8.28. The van der Waals surface area contributed by atoms with E-state index in [4.69, 9.17) is 9.47 Å². The number of rotatable bonds is 2. The molecular weight excluding hydrogens is 312 g/mol. The van der Waals surface area contributed by atoms with E-state index in [0.717, 1.165) is 25.7 Å². The fraction of sp³-hybridized carbons (Fsp3) is 0.864. The first-order valence-corrected chi connectivity index (χ1v) is 9.96. The molecule has 0 radical (unpaired) electrons. The number of carbonyl (C=O) groups is 1. The maximum atomic E-state index is 13.5. The van der Waals surface area contributed by atoms with E-state index in [1.807, 2.05) is 14.2 Å². The lowest BCUT2D eigenvalue weighted by Gasteiger charge is -2.61. The number of ketones is 1. The van der Waals surface area contributed by atoms with Crippen LogP contribution in [0.25, 0.3) is 0 Å². The summed E-state index contributed by atoms with van der Waals surface area (Å²) in [5, 5.41) is 0. The second-order valence-corrected chi connectivity index (χ2v) is 9.55. The monoisotopic (exact) mass is 348 g/mol. The maximum Gasteiger partial charge on any atom is 0.143 e. The molecule has 5 atom stereocenters. The molecule has 0 aliphatic heterocycles. The topological polar surface area (TPSA) is 35.5 Å². The minimum Gasteiger partial charge on any atom is -0.378 e. The fourth-order valence-electron chi connectivity index (χ4n) is 6.68. The molecule has 2 fully saturated rings. The summed E-state index contributed by atoms with van der Waals surface area (Å²) in [5.41, 5.74) is 1.81. The summed E-state index contributed by atoms with van der Waals surface area (Å²) in [4.78, 5) is 13.5. The lowest BCUT2D eigenvalue weighted by atomic mass is 9.48. The van der Waals surface area contributed by atoms with Crippen molar-refractivity contribution in [2.75, 3.05) is 14.2 Å². The van der Waals surface area contributed by atoms with Crippen LogP contribution in [-0.2, 0) is 14.3 Å². The van der Waals surface area contributed by atoms with Gasteiger partial charge in [0.1, 0.15) is 11.4 Å². The molecule has 0 saturated heterocycles. The Morgan fingerprint density at radius 2 is 1.80 bits per heavy atom. The molecule has 3 nitrogen and oxygen atoms in total. The Kier molecular flexibility index (Phi) is 4.73. The molecule has 0 amide bonds. The Morgan fingerprint density at radius 1 is 1.12 bits per heavy atom. The van der Waals surface area contributed by atoms with Crippen LogP contribution >= 0.6 is 0 Å². The molecule has 0 aromatic carbocycles. The molecule has 142 valence electrons. The fourth-order valence-corrected chi connectivity index (χ4v) is 6.68. The summed E-state index contributed by atoms with van der Waals surface area (Å²) >= 11 is 0. The van der Waals surface area contributed by atoms with Crippen LogP contribution in [0.15, 0.2) is 11.1 Å². The van der Waals surface area contributed by atoms with Gasteiger partial charge in [-0.15, -0.1) is 0 Å². The SMILES string of the molecule is COC1[C@@H]2[C@H](C)CCC[C@@]2(C)C(=O)CC2=C(C)CC[C@]1(OC)C2(C)C. The van der Waals surface area contributed by atoms with Gasteiger partial charge in [0.25, 0.3) is 0 Å². The Balaban J connectivity index is 2.26. The van der Waals surface area contributed by atoms with Crippen LogP contribution in [0.3, 0.4) is 0 Å². The minimum absolute atomic E-state index is 0.0554. The molecule has 25 heavy (non-hydrogen) atoms. The first-order valence-electron chi connectivity index (χ1n) is 9.96. The largest absolute Gasteiger partial charge is 0.378 e. The Morgan fingerprint density at radius 3 is 2.40 bits per heavy atom. The van der Waals surface area contributed by atoms with Gasteiger partial charge in [-0.25, -0.2) is 0 Å². The van der Waals surface area contributed by atoms with Crippen molar-refractivity contribution in [3.8, 4) is 0 Å². The summed E-state index contributed by atoms with van der Waals surface area (Å²) in [5.74, 6) is 1.11. The van der Waals surface area contributed by atoms with Crippen LogP contribution in [0.5, 0.6) is 0 Å². The van der Waals surface area contributed by atoms with Gasteiger partial charge >= 0.3 is 0 Å². The molecule has 0 N–H and O–H groups in total. The zero-order valence-corrected chi connectivity index (χ0v) is 17.2. The van der Waals surface area contributed by atoms with Crippen LogP contribution in [-0.4, -0.2) is 31.7 Å². The number of hydrogen-bond acceptors (Lipinski definition) is 3. The summed E-state index contributed by atoms with van der Waals surface area (Å²) in [6.45, 7) is 11.3. The van der Waals surface area contributed by atoms with Crippen molar-refractivity contribution < 1.29 is 14.3 Å². The molecule has 0 heterocycles. The van der Waals surface area contributed by atoms with Crippen LogP contribution in [0.2, 0.25) is 0 Å². The number of Topliss-reactive ketones (excluding diaryl/α,β-unsaturated/α-hetero) is 1. The van der Waals surface area contributed by atoms with Gasteiger partial charge in [0.2, 0.25) is 0 Å². The molecule has 0 aromatic heterocycles. The Bertz CT molecular complexity index is 590. The second kappa shape index (κ2) is 6.20. The number of carbonyl (C=O) groups excluding carboxylic acids is 1. The highest BCUT2D eigenvalue weighted by Gasteiger charge is 2.64. The van der Waals surface area contributed by atoms with Crippen molar-refractivity contribution >= 4 is 5.78 Å². The molecule has 3 aliphatic rings. The molecule has 3 heteroatoms. The zero-order chi connectivity index (χ0) is 18.6. The van der Waals surface area contributed by atoms with Crippen molar-refractivity contribution in [3.63, 3.8) is 0 Å². The molecule has 3 rings (SSSR count). The number of methoxy groups -OCH3 is 2. The lowest BCUT2D eigenvalue weighted by Crippen LogP contribution is -2.66.